The molecule has 0 spiro atoms. The van der Waals surface area contributed by atoms with Crippen molar-refractivity contribution in [2.75, 3.05) is 31.1 Å². The molecule has 4 heteroatoms. The number of benzene rings is 1. The summed E-state index contributed by atoms with van der Waals surface area (Å²) >= 11 is 0. The minimum absolute atomic E-state index is 0.0893. The first-order valence-corrected chi connectivity index (χ1v) is 6.97. The van der Waals surface area contributed by atoms with E-state index in [1.807, 2.05) is 11.8 Å². The Bertz CT molecular complexity index is 439. The quantitative estimate of drug-likeness (QED) is 0.894. The van der Waals surface area contributed by atoms with Crippen molar-refractivity contribution in [3.05, 3.63) is 29.8 Å². The molecule has 1 amide bonds. The van der Waals surface area contributed by atoms with Gasteiger partial charge in [0.15, 0.2) is 0 Å². The number of hydrogen-bond acceptors (Lipinski definition) is 3. The van der Waals surface area contributed by atoms with Crippen LogP contribution >= 0.6 is 0 Å². The van der Waals surface area contributed by atoms with Crippen LogP contribution in [0.3, 0.4) is 0 Å². The van der Waals surface area contributed by atoms with Crippen molar-refractivity contribution in [3.63, 3.8) is 0 Å². The zero-order valence-electron chi connectivity index (χ0n) is 11.8. The lowest BCUT2D eigenvalue weighted by Gasteiger charge is -2.37. The van der Waals surface area contributed by atoms with Crippen LogP contribution in [0.4, 0.5) is 5.69 Å². The van der Waals surface area contributed by atoms with Gasteiger partial charge in [-0.25, -0.2) is 0 Å². The van der Waals surface area contributed by atoms with Gasteiger partial charge in [-0.05, 0) is 31.0 Å². The van der Waals surface area contributed by atoms with Gasteiger partial charge in [0.25, 0.3) is 0 Å². The largest absolute Gasteiger partial charge is 0.368 e. The molecule has 1 aromatic rings. The molecule has 1 aromatic carbocycles. The van der Waals surface area contributed by atoms with Gasteiger partial charge in [0.2, 0.25) is 5.91 Å². The molecule has 2 rings (SSSR count). The molecule has 0 bridgehead atoms. The van der Waals surface area contributed by atoms with Gasteiger partial charge >= 0.3 is 0 Å². The maximum absolute atomic E-state index is 12.0. The molecule has 1 heterocycles. The first-order chi connectivity index (χ1) is 9.11. The number of amides is 1. The number of piperazine rings is 1. The number of hydrogen-bond donors (Lipinski definition) is 1. The topological polar surface area (TPSA) is 49.6 Å². The third kappa shape index (κ3) is 3.26. The van der Waals surface area contributed by atoms with Gasteiger partial charge < -0.3 is 15.5 Å². The van der Waals surface area contributed by atoms with E-state index in [0.29, 0.717) is 6.42 Å². The molecule has 1 saturated heterocycles. The molecule has 1 aliphatic rings. The van der Waals surface area contributed by atoms with Gasteiger partial charge in [-0.2, -0.15) is 0 Å². The SMILES string of the molecule is CCC(N)C(=O)N1CCN(c2cccc(C)c2)CC1. The van der Waals surface area contributed by atoms with E-state index in [0.717, 1.165) is 26.2 Å². The van der Waals surface area contributed by atoms with Crippen LogP contribution in [0.2, 0.25) is 0 Å². The van der Waals surface area contributed by atoms with Crippen LogP contribution in [0.5, 0.6) is 0 Å². The second-order valence-electron chi connectivity index (χ2n) is 5.17. The summed E-state index contributed by atoms with van der Waals surface area (Å²) in [6, 6.07) is 8.15. The fourth-order valence-corrected chi connectivity index (χ4v) is 2.42. The van der Waals surface area contributed by atoms with Gasteiger partial charge in [0.1, 0.15) is 0 Å². The average molecular weight is 261 g/mol. The van der Waals surface area contributed by atoms with E-state index in [2.05, 4.69) is 36.1 Å². The van der Waals surface area contributed by atoms with Gasteiger partial charge in [-0.1, -0.05) is 19.1 Å². The van der Waals surface area contributed by atoms with Crippen LogP contribution in [0.25, 0.3) is 0 Å². The standard InChI is InChI=1S/C15H23N3O/c1-3-14(16)15(19)18-9-7-17(8-10-18)13-6-4-5-12(2)11-13/h4-6,11,14H,3,7-10,16H2,1-2H3. The van der Waals surface area contributed by atoms with Crippen molar-refractivity contribution in [2.24, 2.45) is 5.73 Å². The predicted octanol–water partition coefficient (Wildman–Crippen LogP) is 1.38. The maximum Gasteiger partial charge on any atom is 0.239 e. The summed E-state index contributed by atoms with van der Waals surface area (Å²) in [5, 5.41) is 0. The van der Waals surface area contributed by atoms with Crippen LogP contribution in [0.1, 0.15) is 18.9 Å². The molecule has 1 fully saturated rings. The predicted molar refractivity (Wildman–Crippen MR) is 78.2 cm³/mol. The monoisotopic (exact) mass is 261 g/mol. The van der Waals surface area contributed by atoms with Gasteiger partial charge in [-0.3, -0.25) is 4.79 Å². The van der Waals surface area contributed by atoms with Crippen molar-refractivity contribution in [1.82, 2.24) is 4.90 Å². The molecule has 104 valence electrons. The van der Waals surface area contributed by atoms with E-state index >= 15 is 0 Å². The number of aryl methyl sites for hydroxylation is 1. The van der Waals surface area contributed by atoms with Crippen molar-refractivity contribution >= 4 is 11.6 Å². The lowest BCUT2D eigenvalue weighted by Crippen LogP contribution is -2.53. The lowest BCUT2D eigenvalue weighted by atomic mass is 10.1. The molecule has 0 aromatic heterocycles. The summed E-state index contributed by atoms with van der Waals surface area (Å²) in [4.78, 5) is 16.2. The van der Waals surface area contributed by atoms with E-state index in [4.69, 9.17) is 5.73 Å². The Kier molecular flexibility index (Phi) is 4.43. The van der Waals surface area contributed by atoms with E-state index in [1.165, 1.54) is 11.3 Å². The average Bonchev–Trinajstić information content (AvgIpc) is 2.46. The highest BCUT2D eigenvalue weighted by atomic mass is 16.2. The van der Waals surface area contributed by atoms with Crippen molar-refractivity contribution in [1.29, 1.82) is 0 Å². The Labute approximate surface area is 115 Å². The molecule has 19 heavy (non-hydrogen) atoms. The summed E-state index contributed by atoms with van der Waals surface area (Å²) in [5.74, 6) is 0.0893. The summed E-state index contributed by atoms with van der Waals surface area (Å²) in [5.41, 5.74) is 8.32. The van der Waals surface area contributed by atoms with Gasteiger partial charge in [0.05, 0.1) is 6.04 Å². The van der Waals surface area contributed by atoms with Crippen LogP contribution in [-0.2, 0) is 4.79 Å². The Balaban J connectivity index is 1.94. The molecule has 1 aliphatic heterocycles. The summed E-state index contributed by atoms with van der Waals surface area (Å²) < 4.78 is 0. The number of carbonyl (C=O) groups excluding carboxylic acids is 1. The molecule has 1 unspecified atom stereocenters. The normalized spacial score (nSPS) is 17.4. The Morgan fingerprint density at radius 3 is 2.58 bits per heavy atom. The highest BCUT2D eigenvalue weighted by Gasteiger charge is 2.24. The first kappa shape index (κ1) is 13.9. The molecule has 0 radical (unpaired) electrons. The smallest absolute Gasteiger partial charge is 0.239 e. The number of nitrogens with two attached hydrogens (primary N) is 1. The third-order valence-electron chi connectivity index (χ3n) is 3.72. The molecule has 1 atom stereocenters. The zero-order valence-corrected chi connectivity index (χ0v) is 11.8. The molecule has 0 aliphatic carbocycles. The van der Waals surface area contributed by atoms with Gasteiger partial charge in [0, 0.05) is 31.9 Å². The van der Waals surface area contributed by atoms with E-state index in [-0.39, 0.29) is 11.9 Å². The third-order valence-corrected chi connectivity index (χ3v) is 3.72. The highest BCUT2D eigenvalue weighted by Crippen LogP contribution is 2.18. The fraction of sp³-hybridized carbons (Fsp3) is 0.533. The Morgan fingerprint density at radius 2 is 2.00 bits per heavy atom. The summed E-state index contributed by atoms with van der Waals surface area (Å²) in [6.45, 7) is 7.34. The molecule has 4 nitrogen and oxygen atoms in total. The summed E-state index contributed by atoms with van der Waals surface area (Å²) in [7, 11) is 0. The lowest BCUT2D eigenvalue weighted by molar-refractivity contribution is -0.132. The summed E-state index contributed by atoms with van der Waals surface area (Å²) in [6.07, 6.45) is 0.705. The highest BCUT2D eigenvalue weighted by molar-refractivity contribution is 5.81. The molecular formula is C15H23N3O. The van der Waals surface area contributed by atoms with E-state index in [1.54, 1.807) is 0 Å². The minimum atomic E-state index is -0.342. The second-order valence-corrected chi connectivity index (χ2v) is 5.17. The van der Waals surface area contributed by atoms with Crippen molar-refractivity contribution in [2.45, 2.75) is 26.3 Å². The zero-order chi connectivity index (χ0) is 13.8. The minimum Gasteiger partial charge on any atom is -0.368 e. The number of carbonyl (C=O) groups is 1. The van der Waals surface area contributed by atoms with E-state index in [9.17, 15) is 4.79 Å². The molecule has 2 N–H and O–H groups in total. The van der Waals surface area contributed by atoms with Crippen molar-refractivity contribution < 1.29 is 4.79 Å². The Morgan fingerprint density at radius 1 is 1.32 bits per heavy atom. The number of rotatable bonds is 3. The molecular weight excluding hydrogens is 238 g/mol. The van der Waals surface area contributed by atoms with Gasteiger partial charge in [-0.15, -0.1) is 0 Å². The second kappa shape index (κ2) is 6.06. The first-order valence-electron chi connectivity index (χ1n) is 6.97. The molecule has 0 saturated carbocycles. The number of nitrogens with zero attached hydrogens (tertiary/aromatic N) is 2. The van der Waals surface area contributed by atoms with Crippen LogP contribution in [0.15, 0.2) is 24.3 Å². The van der Waals surface area contributed by atoms with Crippen LogP contribution in [0, 0.1) is 6.92 Å². The number of anilines is 1. The van der Waals surface area contributed by atoms with E-state index < -0.39 is 0 Å². The van der Waals surface area contributed by atoms with Crippen molar-refractivity contribution in [3.8, 4) is 0 Å². The fourth-order valence-electron chi connectivity index (χ4n) is 2.42. The van der Waals surface area contributed by atoms with Crippen LogP contribution in [-0.4, -0.2) is 43.0 Å². The Hall–Kier alpha value is -1.55. The van der Waals surface area contributed by atoms with Crippen LogP contribution < -0.4 is 10.6 Å². The maximum atomic E-state index is 12.0.